The summed E-state index contributed by atoms with van der Waals surface area (Å²) in [5.74, 6) is -3.93. The van der Waals surface area contributed by atoms with E-state index < -0.39 is 46.4 Å². The number of benzene rings is 2. The summed E-state index contributed by atoms with van der Waals surface area (Å²) in [6.07, 6.45) is 5.37. The number of amides is 4. The molecule has 0 unspecified atom stereocenters. The molecule has 2 aromatic carbocycles. The summed E-state index contributed by atoms with van der Waals surface area (Å²) in [5.41, 5.74) is 4.28. The first kappa shape index (κ1) is 36.6. The van der Waals surface area contributed by atoms with E-state index in [1.165, 1.54) is 0 Å². The fourth-order valence-electron chi connectivity index (χ4n) is 6.96. The van der Waals surface area contributed by atoms with Crippen molar-refractivity contribution in [1.82, 2.24) is 10.1 Å². The number of carbonyl (C=O) groups is 6. The van der Waals surface area contributed by atoms with Crippen molar-refractivity contribution in [3.05, 3.63) is 77.0 Å². The zero-order chi connectivity index (χ0) is 37.5. The second-order valence-electron chi connectivity index (χ2n) is 13.7. The summed E-state index contributed by atoms with van der Waals surface area (Å²) in [7, 11) is 0. The molecule has 4 heterocycles. The third-order valence-electron chi connectivity index (χ3n) is 9.55. The molecule has 0 bridgehead atoms. The van der Waals surface area contributed by atoms with Crippen molar-refractivity contribution in [2.75, 3.05) is 18.0 Å². The molecule has 2 aromatic rings. The van der Waals surface area contributed by atoms with Crippen LogP contribution >= 0.6 is 12.0 Å². The minimum Gasteiger partial charge on any atom is -0.333 e. The van der Waals surface area contributed by atoms with Crippen LogP contribution in [0.4, 0.5) is 11.4 Å². The van der Waals surface area contributed by atoms with Gasteiger partial charge in [0.05, 0.1) is 17.5 Å². The highest BCUT2D eigenvalue weighted by atomic mass is 32.2. The fraction of sp³-hybridized carbons (Fsp3) is 0.361. The quantitative estimate of drug-likeness (QED) is 0.114. The highest BCUT2D eigenvalue weighted by Crippen LogP contribution is 2.48. The SMILES string of the molecule is Cc1ccc2c(c1)C(C)(C)/C(=C/C=C/C1=[N+](CC(=O)ON3C(=O)CCC3=O)c3ccc(SOOO)cc3C1(C)C)N2CC(=O)ON1C(=O)CCC1=O. The van der Waals surface area contributed by atoms with E-state index in [-0.39, 0.29) is 38.8 Å². The van der Waals surface area contributed by atoms with Crippen molar-refractivity contribution in [2.24, 2.45) is 0 Å². The van der Waals surface area contributed by atoms with E-state index in [1.807, 2.05) is 71.0 Å². The molecule has 0 atom stereocenters. The third-order valence-corrected chi connectivity index (χ3v) is 10.1. The molecule has 2 fully saturated rings. The molecule has 0 aromatic heterocycles. The van der Waals surface area contributed by atoms with Gasteiger partial charge in [-0.2, -0.15) is 4.58 Å². The Morgan fingerprint density at radius 3 is 2.08 bits per heavy atom. The molecule has 15 nitrogen and oxygen atoms in total. The van der Waals surface area contributed by atoms with Crippen LogP contribution in [0.5, 0.6) is 0 Å². The molecular weight excluding hydrogens is 696 g/mol. The van der Waals surface area contributed by atoms with Gasteiger partial charge in [-0.1, -0.05) is 42.7 Å². The van der Waals surface area contributed by atoms with Crippen molar-refractivity contribution in [1.29, 1.82) is 0 Å². The van der Waals surface area contributed by atoms with Crippen molar-refractivity contribution in [3.8, 4) is 0 Å². The molecule has 4 aliphatic heterocycles. The van der Waals surface area contributed by atoms with Gasteiger partial charge in [-0.05, 0) is 50.6 Å². The molecule has 0 aliphatic carbocycles. The Bertz CT molecular complexity index is 1970. The summed E-state index contributed by atoms with van der Waals surface area (Å²) >= 11 is 0.785. The Balaban J connectivity index is 1.36. The first-order valence-electron chi connectivity index (χ1n) is 16.5. The van der Waals surface area contributed by atoms with Gasteiger partial charge in [0.1, 0.15) is 6.54 Å². The molecule has 0 saturated carbocycles. The van der Waals surface area contributed by atoms with Gasteiger partial charge in [-0.25, -0.2) is 14.8 Å². The Morgan fingerprint density at radius 1 is 0.846 bits per heavy atom. The number of imide groups is 2. The molecule has 4 amide bonds. The molecule has 4 aliphatic rings. The Hall–Kier alpha value is -5.16. The topological polar surface area (TPSA) is 172 Å². The van der Waals surface area contributed by atoms with Gasteiger partial charge in [-0.15, -0.1) is 14.5 Å². The summed E-state index contributed by atoms with van der Waals surface area (Å²) in [6, 6.07) is 11.2. The lowest BCUT2D eigenvalue weighted by Crippen LogP contribution is -2.38. The van der Waals surface area contributed by atoms with Crippen LogP contribution in [-0.2, 0) is 58.6 Å². The number of hydroxylamine groups is 4. The maximum atomic E-state index is 13.2. The minimum atomic E-state index is -0.825. The Labute approximate surface area is 303 Å². The summed E-state index contributed by atoms with van der Waals surface area (Å²) in [5, 5.41) is 13.5. The van der Waals surface area contributed by atoms with Crippen molar-refractivity contribution in [2.45, 2.75) is 76.0 Å². The molecule has 6 rings (SSSR count). The van der Waals surface area contributed by atoms with Crippen molar-refractivity contribution < 1.29 is 57.6 Å². The second kappa shape index (κ2) is 14.1. The lowest BCUT2D eigenvalue weighted by molar-refractivity contribution is -0.432. The van der Waals surface area contributed by atoms with Crippen molar-refractivity contribution in [3.63, 3.8) is 0 Å². The highest BCUT2D eigenvalue weighted by Gasteiger charge is 2.47. The molecule has 272 valence electrons. The van der Waals surface area contributed by atoms with E-state index >= 15 is 0 Å². The highest BCUT2D eigenvalue weighted by molar-refractivity contribution is 7.94. The molecule has 52 heavy (non-hydrogen) atoms. The van der Waals surface area contributed by atoms with Gasteiger partial charge >= 0.3 is 11.9 Å². The maximum absolute atomic E-state index is 13.2. The molecule has 1 N–H and O–H groups in total. The molecule has 16 heteroatoms. The number of allylic oxidation sites excluding steroid dienone is 4. The van der Waals surface area contributed by atoms with E-state index in [2.05, 4.69) is 9.37 Å². The van der Waals surface area contributed by atoms with Crippen LogP contribution in [0.25, 0.3) is 0 Å². The molecule has 2 saturated heterocycles. The number of anilines is 1. The van der Waals surface area contributed by atoms with Gasteiger partial charge in [0, 0.05) is 65.1 Å². The van der Waals surface area contributed by atoms with Crippen molar-refractivity contribution >= 4 is 64.7 Å². The number of rotatable bonds is 11. The minimum absolute atomic E-state index is 0.0196. The van der Waals surface area contributed by atoms with E-state index in [0.717, 1.165) is 40.1 Å². The average Bonchev–Trinajstić information content (AvgIpc) is 3.71. The van der Waals surface area contributed by atoms with E-state index in [9.17, 15) is 28.8 Å². The van der Waals surface area contributed by atoms with Gasteiger partial charge in [-0.3, -0.25) is 19.2 Å². The molecule has 0 radical (unpaired) electrons. The predicted octanol–water partition coefficient (Wildman–Crippen LogP) is 4.25. The first-order valence-corrected chi connectivity index (χ1v) is 17.2. The van der Waals surface area contributed by atoms with E-state index in [0.29, 0.717) is 26.4 Å². The summed E-state index contributed by atoms with van der Waals surface area (Å²) in [6.45, 7) is 9.30. The molecule has 0 spiro atoms. The van der Waals surface area contributed by atoms with Gasteiger partial charge < -0.3 is 14.6 Å². The number of nitrogens with zero attached hydrogens (tertiary/aromatic N) is 4. The zero-order valence-electron chi connectivity index (χ0n) is 29.2. The smallest absolute Gasteiger partial charge is 0.333 e. The lowest BCUT2D eigenvalue weighted by Gasteiger charge is -2.26. The van der Waals surface area contributed by atoms with Crippen LogP contribution in [0.15, 0.2) is 65.2 Å². The van der Waals surface area contributed by atoms with E-state index in [1.54, 1.807) is 27.7 Å². The second-order valence-corrected chi connectivity index (χ2v) is 14.5. The van der Waals surface area contributed by atoms with Crippen LogP contribution in [0, 0.1) is 6.92 Å². The normalized spacial score (nSPS) is 19.8. The standard InChI is InChI=1S/C36H36N4O11S/c1-21-9-11-25-23(17-21)35(2,3)27(37(25)19-33(45)48-39-29(41)13-14-30(39)42)7-6-8-28-36(4,5)24-18-22(52-51-50-47)10-12-26(24)38(28)20-34(46)49-40-31(43)15-16-32(40)44/h6-12,17-18H,13-16,19-20H2,1-5H3/p+1. The van der Waals surface area contributed by atoms with Gasteiger partial charge in [0.15, 0.2) is 5.71 Å². The maximum Gasteiger partial charge on any atom is 0.398 e. The Morgan fingerprint density at radius 2 is 1.46 bits per heavy atom. The molecular formula is C36H37N4O11S+. The number of carbonyl (C=O) groups excluding carboxylic acids is 6. The van der Waals surface area contributed by atoms with Crippen LogP contribution in [0.1, 0.15) is 70.1 Å². The number of aryl methyl sites for hydroxylation is 1. The monoisotopic (exact) mass is 733 g/mol. The van der Waals surface area contributed by atoms with E-state index in [4.69, 9.17) is 14.9 Å². The predicted molar refractivity (Wildman–Crippen MR) is 183 cm³/mol. The van der Waals surface area contributed by atoms with Gasteiger partial charge in [0.2, 0.25) is 12.2 Å². The largest absolute Gasteiger partial charge is 0.398 e. The number of hydrogen-bond donors (Lipinski definition) is 1. The number of hydrogen-bond acceptors (Lipinski definition) is 13. The lowest BCUT2D eigenvalue weighted by atomic mass is 9.81. The fourth-order valence-corrected chi connectivity index (χ4v) is 7.36. The summed E-state index contributed by atoms with van der Waals surface area (Å²) < 4.78 is 6.36. The Kier molecular flexibility index (Phi) is 9.93. The third kappa shape index (κ3) is 6.77. The van der Waals surface area contributed by atoms with Crippen LogP contribution < -0.4 is 4.90 Å². The van der Waals surface area contributed by atoms with Gasteiger partial charge in [0.25, 0.3) is 23.6 Å². The number of fused-ring (bicyclic) bond motifs is 2. The van der Waals surface area contributed by atoms with Crippen LogP contribution in [-0.4, -0.2) is 74.3 Å². The zero-order valence-corrected chi connectivity index (χ0v) is 30.0. The summed E-state index contributed by atoms with van der Waals surface area (Å²) in [4.78, 5) is 87.8. The van der Waals surface area contributed by atoms with Crippen LogP contribution in [0.2, 0.25) is 0 Å². The average molecular weight is 734 g/mol. The first-order chi connectivity index (χ1) is 24.6. The van der Waals surface area contributed by atoms with Crippen LogP contribution in [0.3, 0.4) is 0 Å².